The van der Waals surface area contributed by atoms with Crippen LogP contribution in [0.15, 0.2) is 30.3 Å². The number of carbonyl (C=O) groups excluding carboxylic acids is 1. The molecule has 5 heteroatoms. The van der Waals surface area contributed by atoms with Crippen molar-refractivity contribution in [1.82, 2.24) is 15.1 Å². The Morgan fingerprint density at radius 2 is 1.83 bits per heavy atom. The molecule has 0 saturated carbocycles. The Morgan fingerprint density at radius 1 is 1.17 bits per heavy atom. The van der Waals surface area contributed by atoms with Crippen molar-refractivity contribution in [2.45, 2.75) is 39.3 Å². The molecule has 2 fully saturated rings. The minimum Gasteiger partial charge on any atom is -0.339 e. The Morgan fingerprint density at radius 3 is 2.46 bits per heavy atom. The Labute approximate surface area is 152 Å². The summed E-state index contributed by atoms with van der Waals surface area (Å²) in [5, 5.41) is 3.45. The van der Waals surface area contributed by atoms with Crippen LogP contribution in [0, 0.1) is 5.41 Å². The van der Waals surface area contributed by atoms with Crippen LogP contribution in [-0.2, 0) is 11.3 Å². The van der Waals surface area contributed by atoms with Crippen LogP contribution in [0.25, 0.3) is 0 Å². The normalized spacial score (nSPS) is 24.2. The highest BCUT2D eigenvalue weighted by Crippen LogP contribution is 2.31. The fourth-order valence-electron chi connectivity index (χ4n) is 3.78. The molecule has 2 aliphatic rings. The monoisotopic (exact) mass is 351 g/mol. The molecule has 2 saturated heterocycles. The van der Waals surface area contributed by atoms with Gasteiger partial charge in [-0.3, -0.25) is 9.69 Å². The van der Waals surface area contributed by atoms with E-state index in [9.17, 15) is 4.79 Å². The van der Waals surface area contributed by atoms with Gasteiger partial charge in [0.2, 0.25) is 5.91 Å². The lowest BCUT2D eigenvalue weighted by molar-refractivity contribution is -0.139. The quantitative estimate of drug-likeness (QED) is 0.909. The van der Waals surface area contributed by atoms with E-state index in [1.165, 1.54) is 12.0 Å². The number of nitrogens with one attached hydrogen (secondary N) is 1. The molecular formula is C19H30ClN3O. The summed E-state index contributed by atoms with van der Waals surface area (Å²) >= 11 is 0. The predicted octanol–water partition coefficient (Wildman–Crippen LogP) is 2.53. The minimum absolute atomic E-state index is 0. The lowest BCUT2D eigenvalue weighted by Gasteiger charge is -2.43. The van der Waals surface area contributed by atoms with Gasteiger partial charge < -0.3 is 10.2 Å². The van der Waals surface area contributed by atoms with Crippen LogP contribution < -0.4 is 5.32 Å². The Bertz CT molecular complexity index is 527. The fraction of sp³-hybridized carbons (Fsp3) is 0.632. The summed E-state index contributed by atoms with van der Waals surface area (Å²) in [5.41, 5.74) is 1.42. The predicted molar refractivity (Wildman–Crippen MR) is 100 cm³/mol. The summed E-state index contributed by atoms with van der Waals surface area (Å²) < 4.78 is 0. The zero-order valence-electron chi connectivity index (χ0n) is 14.8. The molecule has 2 aliphatic heterocycles. The van der Waals surface area contributed by atoms with Gasteiger partial charge in [-0.2, -0.15) is 0 Å². The molecule has 1 N–H and O–H groups in total. The van der Waals surface area contributed by atoms with Crippen LogP contribution >= 0.6 is 12.4 Å². The van der Waals surface area contributed by atoms with Crippen LogP contribution in [0.3, 0.4) is 0 Å². The first-order valence-corrected chi connectivity index (χ1v) is 8.85. The van der Waals surface area contributed by atoms with Crippen LogP contribution in [0.1, 0.15) is 32.3 Å². The number of hydrogen-bond donors (Lipinski definition) is 1. The highest BCUT2D eigenvalue weighted by atomic mass is 35.5. The molecule has 3 rings (SSSR count). The second kappa shape index (κ2) is 8.32. The third kappa shape index (κ3) is 4.50. The molecule has 1 aromatic rings. The highest BCUT2D eigenvalue weighted by molar-refractivity contribution is 5.85. The summed E-state index contributed by atoms with van der Waals surface area (Å²) in [5.74, 6) is 0.300. The van der Waals surface area contributed by atoms with Crippen molar-refractivity contribution >= 4 is 18.3 Å². The van der Waals surface area contributed by atoms with Crippen molar-refractivity contribution in [2.24, 2.45) is 5.41 Å². The average Bonchev–Trinajstić information content (AvgIpc) is 2.55. The molecular weight excluding hydrogens is 322 g/mol. The Balaban J connectivity index is 0.00000208. The van der Waals surface area contributed by atoms with Gasteiger partial charge in [0.25, 0.3) is 0 Å². The molecule has 0 bridgehead atoms. The molecule has 2 heterocycles. The lowest BCUT2D eigenvalue weighted by atomic mass is 9.77. The van der Waals surface area contributed by atoms with Gasteiger partial charge >= 0.3 is 0 Å². The van der Waals surface area contributed by atoms with Crippen molar-refractivity contribution in [3.8, 4) is 0 Å². The molecule has 134 valence electrons. The summed E-state index contributed by atoms with van der Waals surface area (Å²) in [6.45, 7) is 10.0. The number of nitrogens with zero attached hydrogens (tertiary/aromatic N) is 2. The van der Waals surface area contributed by atoms with Gasteiger partial charge in [-0.15, -0.1) is 12.4 Å². The molecule has 0 aliphatic carbocycles. The van der Waals surface area contributed by atoms with E-state index in [-0.39, 0.29) is 23.9 Å². The van der Waals surface area contributed by atoms with Crippen LogP contribution in [-0.4, -0.2) is 54.5 Å². The van der Waals surface area contributed by atoms with E-state index in [1.54, 1.807) is 0 Å². The fourth-order valence-corrected chi connectivity index (χ4v) is 3.78. The standard InChI is InChI=1S/C19H29N3O.ClH/c1-19(2)9-6-10-20-17(19)18(23)22-13-11-21(12-14-22)15-16-7-4-3-5-8-16;/h3-5,7-8,17,20H,6,9-15H2,1-2H3;1H. The molecule has 1 aromatic carbocycles. The molecule has 0 radical (unpaired) electrons. The topological polar surface area (TPSA) is 35.6 Å². The SMILES string of the molecule is CC1(C)CCCNC1C(=O)N1CCN(Cc2ccccc2)CC1.Cl. The van der Waals surface area contributed by atoms with Gasteiger partial charge in [-0.05, 0) is 30.4 Å². The number of hydrogen-bond acceptors (Lipinski definition) is 3. The third-order valence-electron chi connectivity index (χ3n) is 5.31. The van der Waals surface area contributed by atoms with Crippen molar-refractivity contribution in [3.63, 3.8) is 0 Å². The molecule has 1 atom stereocenters. The Kier molecular flexibility index (Phi) is 6.67. The number of amides is 1. The smallest absolute Gasteiger partial charge is 0.240 e. The average molecular weight is 352 g/mol. The second-order valence-corrected chi connectivity index (χ2v) is 7.57. The Hall–Kier alpha value is -1.10. The number of halogens is 1. The summed E-state index contributed by atoms with van der Waals surface area (Å²) in [6.07, 6.45) is 2.30. The van der Waals surface area contributed by atoms with E-state index in [0.717, 1.165) is 45.7 Å². The van der Waals surface area contributed by atoms with Gasteiger partial charge in [-0.25, -0.2) is 0 Å². The van der Waals surface area contributed by atoms with E-state index >= 15 is 0 Å². The van der Waals surface area contributed by atoms with E-state index < -0.39 is 0 Å². The minimum atomic E-state index is -0.0167. The van der Waals surface area contributed by atoms with Gasteiger partial charge in [-0.1, -0.05) is 44.2 Å². The number of carbonyl (C=O) groups is 1. The zero-order valence-corrected chi connectivity index (χ0v) is 15.6. The largest absolute Gasteiger partial charge is 0.339 e. The number of benzene rings is 1. The van der Waals surface area contributed by atoms with Gasteiger partial charge in [0.05, 0.1) is 6.04 Å². The maximum Gasteiger partial charge on any atom is 0.240 e. The first-order chi connectivity index (χ1) is 11.1. The van der Waals surface area contributed by atoms with E-state index in [2.05, 4.69) is 59.3 Å². The van der Waals surface area contributed by atoms with Gasteiger partial charge in [0, 0.05) is 32.7 Å². The molecule has 1 amide bonds. The van der Waals surface area contributed by atoms with E-state index in [0.29, 0.717) is 5.91 Å². The van der Waals surface area contributed by atoms with Crippen LogP contribution in [0.2, 0.25) is 0 Å². The third-order valence-corrected chi connectivity index (χ3v) is 5.31. The van der Waals surface area contributed by atoms with Gasteiger partial charge in [0.15, 0.2) is 0 Å². The first-order valence-electron chi connectivity index (χ1n) is 8.85. The number of piperidine rings is 1. The maximum atomic E-state index is 12.9. The highest BCUT2D eigenvalue weighted by Gasteiger charge is 2.39. The van der Waals surface area contributed by atoms with Crippen LogP contribution in [0.4, 0.5) is 0 Å². The molecule has 24 heavy (non-hydrogen) atoms. The maximum absolute atomic E-state index is 12.9. The van der Waals surface area contributed by atoms with Gasteiger partial charge in [0.1, 0.15) is 0 Å². The second-order valence-electron chi connectivity index (χ2n) is 7.57. The van der Waals surface area contributed by atoms with Crippen molar-refractivity contribution in [1.29, 1.82) is 0 Å². The number of rotatable bonds is 3. The zero-order chi connectivity index (χ0) is 16.3. The van der Waals surface area contributed by atoms with Crippen LogP contribution in [0.5, 0.6) is 0 Å². The summed E-state index contributed by atoms with van der Waals surface area (Å²) in [6, 6.07) is 10.6. The summed E-state index contributed by atoms with van der Waals surface area (Å²) in [4.78, 5) is 17.4. The van der Waals surface area contributed by atoms with Crippen molar-refractivity contribution in [3.05, 3.63) is 35.9 Å². The first kappa shape index (κ1) is 19.2. The van der Waals surface area contributed by atoms with E-state index in [4.69, 9.17) is 0 Å². The molecule has 0 aromatic heterocycles. The molecule has 0 spiro atoms. The summed E-state index contributed by atoms with van der Waals surface area (Å²) in [7, 11) is 0. The molecule has 1 unspecified atom stereocenters. The van der Waals surface area contributed by atoms with Crippen molar-refractivity contribution in [2.75, 3.05) is 32.7 Å². The molecule has 4 nitrogen and oxygen atoms in total. The van der Waals surface area contributed by atoms with Crippen molar-refractivity contribution < 1.29 is 4.79 Å². The lowest BCUT2D eigenvalue weighted by Crippen LogP contribution is -2.59. The number of piperazine rings is 1. The van der Waals surface area contributed by atoms with E-state index in [1.807, 2.05) is 0 Å².